The molecule has 3 atom stereocenters. The average Bonchev–Trinajstić information content (AvgIpc) is 2.86. The van der Waals surface area contributed by atoms with Gasteiger partial charge in [-0.2, -0.15) is 0 Å². The van der Waals surface area contributed by atoms with Crippen molar-refractivity contribution in [3.63, 3.8) is 0 Å². The maximum Gasteiger partial charge on any atom is 0.119 e. The molecule has 0 unspecified atom stereocenters. The molecule has 0 bridgehead atoms. The van der Waals surface area contributed by atoms with Crippen LogP contribution in [0.25, 0.3) is 0 Å². The minimum absolute atomic E-state index is 0.112. The molecule has 4 nitrogen and oxygen atoms in total. The molecule has 2 aromatic carbocycles. The molecule has 34 heavy (non-hydrogen) atoms. The molecule has 1 aliphatic heterocycles. The second-order valence-corrected chi connectivity index (χ2v) is 10.9. The lowest BCUT2D eigenvalue weighted by Gasteiger charge is -2.53. The third kappa shape index (κ3) is 5.05. The van der Waals surface area contributed by atoms with Crippen molar-refractivity contribution in [1.29, 1.82) is 0 Å². The number of ether oxygens (including phenoxy) is 2. The molecule has 2 aliphatic carbocycles. The highest BCUT2D eigenvalue weighted by molar-refractivity contribution is 5.45. The molecule has 1 heterocycles. The van der Waals surface area contributed by atoms with E-state index in [2.05, 4.69) is 60.4 Å². The number of hydrogen-bond donors (Lipinski definition) is 1. The number of aryl methyl sites for hydroxylation is 1. The van der Waals surface area contributed by atoms with Crippen LogP contribution in [0, 0.1) is 5.92 Å². The Morgan fingerprint density at radius 1 is 1.09 bits per heavy atom. The second-order valence-electron chi connectivity index (χ2n) is 10.9. The van der Waals surface area contributed by atoms with Crippen LogP contribution in [0.1, 0.15) is 62.1 Å². The second kappa shape index (κ2) is 10.4. The Morgan fingerprint density at radius 2 is 1.91 bits per heavy atom. The van der Waals surface area contributed by atoms with Crippen molar-refractivity contribution in [3.8, 4) is 5.75 Å². The largest absolute Gasteiger partial charge is 0.492 e. The highest BCUT2D eigenvalue weighted by Gasteiger charge is 2.51. The van der Waals surface area contributed by atoms with Crippen LogP contribution in [-0.4, -0.2) is 55.1 Å². The first-order chi connectivity index (χ1) is 16.6. The summed E-state index contributed by atoms with van der Waals surface area (Å²) in [5, 5.41) is 11.4. The smallest absolute Gasteiger partial charge is 0.119 e. The Kier molecular flexibility index (Phi) is 7.29. The fourth-order valence-electron chi connectivity index (χ4n) is 6.93. The lowest BCUT2D eigenvalue weighted by atomic mass is 9.52. The lowest BCUT2D eigenvalue weighted by Crippen LogP contribution is -2.51. The number of morpholine rings is 1. The van der Waals surface area contributed by atoms with Gasteiger partial charge in [-0.3, -0.25) is 4.90 Å². The quantitative estimate of drug-likeness (QED) is 0.588. The first-order valence-electron chi connectivity index (χ1n) is 13.4. The maximum absolute atomic E-state index is 11.4. The van der Waals surface area contributed by atoms with Gasteiger partial charge in [0.25, 0.3) is 0 Å². The predicted molar refractivity (Wildman–Crippen MR) is 137 cm³/mol. The van der Waals surface area contributed by atoms with Crippen molar-refractivity contribution in [1.82, 2.24) is 4.90 Å². The number of nitrogens with zero attached hydrogens (tertiary/aromatic N) is 1. The van der Waals surface area contributed by atoms with Gasteiger partial charge in [-0.1, -0.05) is 49.7 Å². The minimum atomic E-state index is -0.486. The summed E-state index contributed by atoms with van der Waals surface area (Å²) in [5.74, 6) is 1.53. The molecule has 184 valence electrons. The third-order valence-corrected chi connectivity index (χ3v) is 8.68. The van der Waals surface area contributed by atoms with Crippen LogP contribution in [0.5, 0.6) is 5.75 Å². The zero-order valence-electron chi connectivity index (χ0n) is 20.8. The summed E-state index contributed by atoms with van der Waals surface area (Å²) < 4.78 is 11.7. The summed E-state index contributed by atoms with van der Waals surface area (Å²) in [6, 6.07) is 17.8. The normalized spacial score (nSPS) is 29.3. The molecule has 0 radical (unpaired) electrons. The summed E-state index contributed by atoms with van der Waals surface area (Å²) in [4.78, 5) is 2.42. The molecule has 0 aromatic heterocycles. The van der Waals surface area contributed by atoms with Crippen molar-refractivity contribution >= 4 is 0 Å². The lowest BCUT2D eigenvalue weighted by molar-refractivity contribution is -0.0565. The van der Waals surface area contributed by atoms with E-state index in [0.717, 1.165) is 96.6 Å². The Balaban J connectivity index is 1.37. The van der Waals surface area contributed by atoms with E-state index < -0.39 is 5.60 Å². The first kappa shape index (κ1) is 23.8. The van der Waals surface area contributed by atoms with Gasteiger partial charge in [0.15, 0.2) is 0 Å². The molecular weight excluding hydrogens is 422 g/mol. The fourth-order valence-corrected chi connectivity index (χ4v) is 6.93. The van der Waals surface area contributed by atoms with Crippen LogP contribution in [0.15, 0.2) is 48.5 Å². The molecule has 1 saturated carbocycles. The maximum atomic E-state index is 11.4. The molecular formula is C30H41NO3. The van der Waals surface area contributed by atoms with Crippen LogP contribution in [-0.2, 0) is 23.0 Å². The highest BCUT2D eigenvalue weighted by atomic mass is 16.5. The topological polar surface area (TPSA) is 41.9 Å². The molecule has 1 N–H and O–H groups in total. The van der Waals surface area contributed by atoms with E-state index in [-0.39, 0.29) is 5.41 Å². The van der Waals surface area contributed by atoms with Gasteiger partial charge in [0.1, 0.15) is 12.4 Å². The van der Waals surface area contributed by atoms with Gasteiger partial charge in [0, 0.05) is 25.0 Å². The number of benzene rings is 2. The minimum Gasteiger partial charge on any atom is -0.492 e. The Morgan fingerprint density at radius 3 is 2.71 bits per heavy atom. The average molecular weight is 464 g/mol. The standard InChI is InChI=1S/C30H41NO3/c1-2-12-29(32)13-14-30(22-24-6-4-3-5-7-24)26(23-29)9-8-25-21-27(10-11-28(25)30)34-20-17-31-15-18-33-19-16-31/h3-7,10-11,21,26,32H,2,8-9,12-20,22-23H2,1H3/t26-,29-,30+/m1/s1. The molecule has 0 amide bonds. The zero-order chi connectivity index (χ0) is 23.4. The first-order valence-corrected chi connectivity index (χ1v) is 13.4. The van der Waals surface area contributed by atoms with Crippen LogP contribution in [0.4, 0.5) is 0 Å². The highest BCUT2D eigenvalue weighted by Crippen LogP contribution is 2.55. The van der Waals surface area contributed by atoms with Crippen molar-refractivity contribution in [2.45, 2.75) is 69.3 Å². The summed E-state index contributed by atoms with van der Waals surface area (Å²) in [7, 11) is 0. The number of aliphatic hydroxyl groups is 1. The van der Waals surface area contributed by atoms with Crippen molar-refractivity contribution in [2.24, 2.45) is 5.92 Å². The Labute approximate surface area is 205 Å². The van der Waals surface area contributed by atoms with E-state index in [1.54, 1.807) is 0 Å². The number of hydrogen-bond acceptors (Lipinski definition) is 4. The van der Waals surface area contributed by atoms with Crippen molar-refractivity contribution in [3.05, 3.63) is 65.2 Å². The Hall–Kier alpha value is -1.88. The zero-order valence-corrected chi connectivity index (χ0v) is 20.8. The van der Waals surface area contributed by atoms with Crippen molar-refractivity contribution in [2.75, 3.05) is 39.5 Å². The van der Waals surface area contributed by atoms with E-state index in [1.165, 1.54) is 16.7 Å². The van der Waals surface area contributed by atoms with Gasteiger partial charge in [-0.15, -0.1) is 0 Å². The Bertz CT molecular complexity index is 941. The number of rotatable bonds is 8. The van der Waals surface area contributed by atoms with E-state index in [4.69, 9.17) is 9.47 Å². The van der Waals surface area contributed by atoms with E-state index in [0.29, 0.717) is 5.92 Å². The van der Waals surface area contributed by atoms with Crippen LogP contribution >= 0.6 is 0 Å². The SMILES string of the molecule is CCC[C@@]1(O)CC[C@@]2(Cc3ccccc3)c3ccc(OCCN4CCOCC4)cc3CC[C@@H]2C1. The summed E-state index contributed by atoms with van der Waals surface area (Å²) in [5.41, 5.74) is 4.00. The molecule has 2 aromatic rings. The van der Waals surface area contributed by atoms with Gasteiger partial charge < -0.3 is 14.6 Å². The monoisotopic (exact) mass is 463 g/mol. The van der Waals surface area contributed by atoms with E-state index in [9.17, 15) is 5.11 Å². The molecule has 1 saturated heterocycles. The summed E-state index contributed by atoms with van der Waals surface area (Å²) in [6.07, 6.45) is 8.18. The summed E-state index contributed by atoms with van der Waals surface area (Å²) in [6.45, 7) is 7.54. The van der Waals surface area contributed by atoms with Gasteiger partial charge in [-0.05, 0) is 79.7 Å². The van der Waals surface area contributed by atoms with Crippen molar-refractivity contribution < 1.29 is 14.6 Å². The van der Waals surface area contributed by atoms with Gasteiger partial charge in [-0.25, -0.2) is 0 Å². The van der Waals surface area contributed by atoms with Gasteiger partial charge in [0.05, 0.1) is 18.8 Å². The van der Waals surface area contributed by atoms with E-state index >= 15 is 0 Å². The molecule has 2 fully saturated rings. The van der Waals surface area contributed by atoms with Crippen LogP contribution in [0.3, 0.4) is 0 Å². The fraction of sp³-hybridized carbons (Fsp3) is 0.600. The van der Waals surface area contributed by atoms with Gasteiger partial charge >= 0.3 is 0 Å². The molecule has 4 heteroatoms. The predicted octanol–water partition coefficient (Wildman–Crippen LogP) is 5.16. The van der Waals surface area contributed by atoms with Crippen LogP contribution in [0.2, 0.25) is 0 Å². The van der Waals surface area contributed by atoms with E-state index in [1.807, 2.05) is 0 Å². The molecule has 5 rings (SSSR count). The number of fused-ring (bicyclic) bond motifs is 3. The molecule has 3 aliphatic rings. The molecule has 0 spiro atoms. The summed E-state index contributed by atoms with van der Waals surface area (Å²) >= 11 is 0. The third-order valence-electron chi connectivity index (χ3n) is 8.68. The van der Waals surface area contributed by atoms with Gasteiger partial charge in [0.2, 0.25) is 0 Å². The van der Waals surface area contributed by atoms with Crippen LogP contribution < -0.4 is 4.74 Å².